The minimum absolute atomic E-state index is 0.0511. The first-order valence-corrected chi connectivity index (χ1v) is 11.2. The molecule has 0 aromatic heterocycles. The predicted octanol–water partition coefficient (Wildman–Crippen LogP) is 2.46. The van der Waals surface area contributed by atoms with E-state index in [4.69, 9.17) is 9.47 Å². The molecule has 1 aliphatic rings. The Balaban J connectivity index is 1.72. The van der Waals surface area contributed by atoms with E-state index in [1.165, 1.54) is 26.4 Å². The minimum atomic E-state index is -3.99. The van der Waals surface area contributed by atoms with Crippen LogP contribution in [-0.4, -0.2) is 52.4 Å². The summed E-state index contributed by atoms with van der Waals surface area (Å²) in [6, 6.07) is 10.8. The van der Waals surface area contributed by atoms with Crippen LogP contribution in [-0.2, 0) is 19.6 Å². The van der Waals surface area contributed by atoms with Crippen molar-refractivity contribution in [1.29, 1.82) is 0 Å². The van der Waals surface area contributed by atoms with Crippen LogP contribution < -0.4 is 19.5 Å². The summed E-state index contributed by atoms with van der Waals surface area (Å²) in [5.74, 6) is 0.481. The lowest BCUT2D eigenvalue weighted by Gasteiger charge is -2.16. The molecule has 0 atom stereocenters. The first kappa shape index (κ1) is 22.4. The van der Waals surface area contributed by atoms with Gasteiger partial charge in [-0.1, -0.05) is 0 Å². The van der Waals surface area contributed by atoms with Gasteiger partial charge in [0.2, 0.25) is 11.8 Å². The Kier molecular flexibility index (Phi) is 7.01. The zero-order valence-corrected chi connectivity index (χ0v) is 18.2. The molecule has 166 valence electrons. The van der Waals surface area contributed by atoms with E-state index in [9.17, 15) is 18.0 Å². The Morgan fingerprint density at radius 2 is 1.77 bits per heavy atom. The third kappa shape index (κ3) is 5.66. The van der Waals surface area contributed by atoms with Crippen LogP contribution in [0, 0.1) is 0 Å². The number of methoxy groups -OCH3 is 2. The number of carbonyl (C=O) groups is 2. The van der Waals surface area contributed by atoms with Crippen LogP contribution in [0.25, 0.3) is 0 Å². The molecule has 3 rings (SSSR count). The largest absolute Gasteiger partial charge is 0.497 e. The number of amides is 2. The fraction of sp³-hybridized carbons (Fsp3) is 0.333. The topological polar surface area (TPSA) is 114 Å². The molecule has 10 heteroatoms. The predicted molar refractivity (Wildman–Crippen MR) is 116 cm³/mol. The van der Waals surface area contributed by atoms with Crippen molar-refractivity contribution in [2.45, 2.75) is 24.2 Å². The molecule has 0 saturated carbocycles. The number of carbonyl (C=O) groups excluding carboxylic acids is 2. The summed E-state index contributed by atoms with van der Waals surface area (Å²) >= 11 is 0. The number of rotatable bonds is 9. The Morgan fingerprint density at radius 3 is 2.39 bits per heavy atom. The Morgan fingerprint density at radius 1 is 1.06 bits per heavy atom. The van der Waals surface area contributed by atoms with E-state index in [1.54, 1.807) is 35.2 Å². The van der Waals surface area contributed by atoms with Crippen LogP contribution in [0.5, 0.6) is 11.5 Å². The molecular formula is C21H25N3O6S. The third-order valence-electron chi connectivity index (χ3n) is 4.86. The van der Waals surface area contributed by atoms with Gasteiger partial charge >= 0.3 is 0 Å². The first-order valence-electron chi connectivity index (χ1n) is 9.75. The number of nitrogens with zero attached hydrogens (tertiary/aromatic N) is 1. The fourth-order valence-corrected chi connectivity index (χ4v) is 4.49. The van der Waals surface area contributed by atoms with E-state index in [2.05, 4.69) is 10.0 Å². The Labute approximate surface area is 181 Å². The highest BCUT2D eigenvalue weighted by Crippen LogP contribution is 2.29. The molecule has 2 aromatic carbocycles. The standard InChI is InChI=1S/C21H25N3O6S/c1-29-17-8-5-15(6-9-17)23-31(27,28)19-14-16(7-10-18(19)30-2)22-20(25)11-13-24-12-3-4-21(24)26/h5-10,14,23H,3-4,11-13H2,1-2H3,(H,22,25). The molecule has 1 fully saturated rings. The lowest BCUT2D eigenvalue weighted by Crippen LogP contribution is -2.28. The number of sulfonamides is 1. The van der Waals surface area contributed by atoms with Crippen molar-refractivity contribution in [3.05, 3.63) is 42.5 Å². The molecule has 31 heavy (non-hydrogen) atoms. The van der Waals surface area contributed by atoms with Crippen LogP contribution in [0.2, 0.25) is 0 Å². The summed E-state index contributed by atoms with van der Waals surface area (Å²) in [6.07, 6.45) is 1.45. The molecule has 0 bridgehead atoms. The molecule has 0 unspecified atom stereocenters. The van der Waals surface area contributed by atoms with Gasteiger partial charge in [-0.25, -0.2) is 8.42 Å². The van der Waals surface area contributed by atoms with Crippen molar-refractivity contribution in [3.63, 3.8) is 0 Å². The normalized spacial score (nSPS) is 13.7. The zero-order chi connectivity index (χ0) is 22.4. The summed E-state index contributed by atoms with van der Waals surface area (Å²) in [5, 5.41) is 2.68. The average molecular weight is 448 g/mol. The zero-order valence-electron chi connectivity index (χ0n) is 17.4. The Bertz CT molecular complexity index is 1050. The van der Waals surface area contributed by atoms with Crippen LogP contribution in [0.1, 0.15) is 19.3 Å². The number of likely N-dealkylation sites (tertiary alicyclic amines) is 1. The summed E-state index contributed by atoms with van der Waals surface area (Å²) in [5.41, 5.74) is 0.668. The van der Waals surface area contributed by atoms with Gasteiger partial charge in [0.15, 0.2) is 0 Å². The van der Waals surface area contributed by atoms with Crippen molar-refractivity contribution in [2.75, 3.05) is 37.3 Å². The highest BCUT2D eigenvalue weighted by molar-refractivity contribution is 7.92. The van der Waals surface area contributed by atoms with E-state index in [0.29, 0.717) is 36.6 Å². The van der Waals surface area contributed by atoms with Gasteiger partial charge in [0, 0.05) is 37.3 Å². The first-order chi connectivity index (χ1) is 14.8. The van der Waals surface area contributed by atoms with E-state index < -0.39 is 10.0 Å². The number of hydrogen-bond acceptors (Lipinski definition) is 6. The molecule has 2 amide bonds. The highest BCUT2D eigenvalue weighted by Gasteiger charge is 2.22. The molecule has 1 heterocycles. The van der Waals surface area contributed by atoms with Gasteiger partial charge in [-0.2, -0.15) is 0 Å². The SMILES string of the molecule is COc1ccc(NS(=O)(=O)c2cc(NC(=O)CCN3CCCC3=O)ccc2OC)cc1. The molecule has 1 saturated heterocycles. The van der Waals surface area contributed by atoms with Gasteiger partial charge in [0.1, 0.15) is 16.4 Å². The molecule has 9 nitrogen and oxygen atoms in total. The quantitative estimate of drug-likeness (QED) is 0.610. The van der Waals surface area contributed by atoms with Crippen LogP contribution in [0.4, 0.5) is 11.4 Å². The molecule has 0 radical (unpaired) electrons. The van der Waals surface area contributed by atoms with E-state index in [0.717, 1.165) is 6.42 Å². The maximum absolute atomic E-state index is 12.9. The highest BCUT2D eigenvalue weighted by atomic mass is 32.2. The lowest BCUT2D eigenvalue weighted by atomic mass is 10.3. The van der Waals surface area contributed by atoms with Crippen molar-refractivity contribution in [1.82, 2.24) is 4.90 Å². The van der Waals surface area contributed by atoms with Crippen molar-refractivity contribution in [3.8, 4) is 11.5 Å². The second-order valence-electron chi connectivity index (χ2n) is 6.98. The van der Waals surface area contributed by atoms with Gasteiger partial charge in [0.25, 0.3) is 10.0 Å². The number of ether oxygens (including phenoxy) is 2. The molecular weight excluding hydrogens is 422 g/mol. The van der Waals surface area contributed by atoms with Crippen molar-refractivity contribution < 1.29 is 27.5 Å². The minimum Gasteiger partial charge on any atom is -0.497 e. The van der Waals surface area contributed by atoms with E-state index >= 15 is 0 Å². The van der Waals surface area contributed by atoms with Gasteiger partial charge in [-0.3, -0.25) is 14.3 Å². The maximum atomic E-state index is 12.9. The van der Waals surface area contributed by atoms with Crippen molar-refractivity contribution in [2.24, 2.45) is 0 Å². The average Bonchev–Trinajstić information content (AvgIpc) is 3.17. The van der Waals surface area contributed by atoms with Crippen molar-refractivity contribution >= 4 is 33.2 Å². The smallest absolute Gasteiger partial charge is 0.265 e. The molecule has 0 aliphatic carbocycles. The van der Waals surface area contributed by atoms with Crippen LogP contribution in [0.15, 0.2) is 47.4 Å². The number of nitrogens with one attached hydrogen (secondary N) is 2. The summed E-state index contributed by atoms with van der Waals surface area (Å²) < 4.78 is 38.6. The Hall–Kier alpha value is -3.27. The second kappa shape index (κ2) is 9.69. The third-order valence-corrected chi connectivity index (χ3v) is 6.26. The summed E-state index contributed by atoms with van der Waals surface area (Å²) in [4.78, 5) is 25.5. The van der Waals surface area contributed by atoms with E-state index in [-0.39, 0.29) is 28.9 Å². The van der Waals surface area contributed by atoms with Gasteiger partial charge in [-0.15, -0.1) is 0 Å². The summed E-state index contributed by atoms with van der Waals surface area (Å²) in [6.45, 7) is 0.999. The van der Waals surface area contributed by atoms with Gasteiger partial charge in [-0.05, 0) is 48.9 Å². The molecule has 1 aliphatic heterocycles. The van der Waals surface area contributed by atoms with Crippen LogP contribution in [0.3, 0.4) is 0 Å². The number of anilines is 2. The number of benzene rings is 2. The van der Waals surface area contributed by atoms with Gasteiger partial charge < -0.3 is 19.7 Å². The monoisotopic (exact) mass is 447 g/mol. The van der Waals surface area contributed by atoms with Crippen LogP contribution >= 0.6 is 0 Å². The lowest BCUT2D eigenvalue weighted by molar-refractivity contribution is -0.128. The van der Waals surface area contributed by atoms with E-state index in [1.807, 2.05) is 0 Å². The van der Waals surface area contributed by atoms with Gasteiger partial charge in [0.05, 0.1) is 14.2 Å². The molecule has 2 aromatic rings. The molecule has 0 spiro atoms. The summed E-state index contributed by atoms with van der Waals surface area (Å²) in [7, 11) is -1.10. The fourth-order valence-electron chi connectivity index (χ4n) is 3.23. The maximum Gasteiger partial charge on any atom is 0.265 e. The molecule has 2 N–H and O–H groups in total. The second-order valence-corrected chi connectivity index (χ2v) is 8.63. The number of hydrogen-bond donors (Lipinski definition) is 2.